The van der Waals surface area contributed by atoms with Crippen LogP contribution in [0.5, 0.6) is 0 Å². The second-order valence-electron chi connectivity index (χ2n) is 7.18. The number of rotatable bonds is 4. The number of nitrogen functional groups attached to an aromatic ring is 1. The van der Waals surface area contributed by atoms with Crippen molar-refractivity contribution in [2.24, 2.45) is 0 Å². The number of nitrogens with two attached hydrogens (primary N) is 1. The fourth-order valence-electron chi connectivity index (χ4n) is 3.24. The Bertz CT molecular complexity index is 1290. The average molecular weight is 452 g/mol. The summed E-state index contributed by atoms with van der Waals surface area (Å²) in [5.41, 5.74) is 4.58. The molecule has 1 aliphatic heterocycles. The SMILES string of the molecule is C#CC1(C)C(=O)Nc2nc(-c3cn4ncnc4c(CCC(F)(F)C(F)(F)F)n3)nc(N)c21. The normalized spacial score (nSPS) is 18.5. The summed E-state index contributed by atoms with van der Waals surface area (Å²) in [4.78, 5) is 28.5. The molecule has 0 fully saturated rings. The van der Waals surface area contributed by atoms with Crippen LogP contribution >= 0.6 is 0 Å². The van der Waals surface area contributed by atoms with Gasteiger partial charge in [-0.2, -0.15) is 27.1 Å². The number of aromatic nitrogens is 6. The highest BCUT2D eigenvalue weighted by Gasteiger charge is 2.56. The van der Waals surface area contributed by atoms with Gasteiger partial charge in [0.15, 0.2) is 11.5 Å². The topological polar surface area (TPSA) is 124 Å². The predicted molar refractivity (Wildman–Crippen MR) is 100 cm³/mol. The predicted octanol–water partition coefficient (Wildman–Crippen LogP) is 2.14. The largest absolute Gasteiger partial charge is 0.453 e. The summed E-state index contributed by atoms with van der Waals surface area (Å²) < 4.78 is 65.6. The molecule has 1 atom stereocenters. The second-order valence-corrected chi connectivity index (χ2v) is 7.18. The summed E-state index contributed by atoms with van der Waals surface area (Å²) in [6, 6.07) is 0. The molecule has 0 saturated carbocycles. The summed E-state index contributed by atoms with van der Waals surface area (Å²) in [7, 11) is 0. The summed E-state index contributed by atoms with van der Waals surface area (Å²) in [5, 5.41) is 6.37. The number of carbonyl (C=O) groups is 1. The minimum Gasteiger partial charge on any atom is -0.383 e. The number of nitrogens with one attached hydrogen (secondary N) is 1. The number of terminal acetylenes is 1. The van der Waals surface area contributed by atoms with E-state index < -0.39 is 36.3 Å². The minimum atomic E-state index is -5.70. The van der Waals surface area contributed by atoms with E-state index in [0.29, 0.717) is 0 Å². The monoisotopic (exact) mass is 452 g/mol. The van der Waals surface area contributed by atoms with E-state index in [1.54, 1.807) is 0 Å². The first kappa shape index (κ1) is 21.3. The maximum atomic E-state index is 13.4. The Morgan fingerprint density at radius 3 is 2.62 bits per heavy atom. The van der Waals surface area contributed by atoms with Crippen molar-refractivity contribution in [3.63, 3.8) is 0 Å². The van der Waals surface area contributed by atoms with E-state index in [4.69, 9.17) is 12.2 Å². The van der Waals surface area contributed by atoms with Crippen LogP contribution in [-0.4, -0.2) is 47.6 Å². The molecule has 3 aromatic heterocycles. The van der Waals surface area contributed by atoms with Crippen LogP contribution in [0, 0.1) is 12.3 Å². The van der Waals surface area contributed by atoms with E-state index in [1.807, 2.05) is 0 Å². The number of halogens is 5. The summed E-state index contributed by atoms with van der Waals surface area (Å²) >= 11 is 0. The van der Waals surface area contributed by atoms with Gasteiger partial charge in [-0.25, -0.2) is 24.5 Å². The maximum Gasteiger partial charge on any atom is 0.453 e. The number of fused-ring (bicyclic) bond motifs is 2. The fourth-order valence-corrected chi connectivity index (χ4v) is 3.24. The third kappa shape index (κ3) is 3.17. The van der Waals surface area contributed by atoms with Crippen molar-refractivity contribution in [1.29, 1.82) is 0 Å². The van der Waals surface area contributed by atoms with E-state index in [9.17, 15) is 26.7 Å². The molecule has 0 radical (unpaired) electrons. The first-order valence-corrected chi connectivity index (χ1v) is 8.99. The number of carbonyl (C=O) groups excluding carboxylic acids is 1. The molecule has 32 heavy (non-hydrogen) atoms. The summed E-state index contributed by atoms with van der Waals surface area (Å²) in [6.07, 6.45) is -0.148. The second kappa shape index (κ2) is 6.81. The van der Waals surface area contributed by atoms with Gasteiger partial charge in [0.25, 0.3) is 0 Å². The van der Waals surface area contributed by atoms with Gasteiger partial charge >= 0.3 is 12.1 Å². The number of hydrogen-bond acceptors (Lipinski definition) is 7. The van der Waals surface area contributed by atoms with Crippen molar-refractivity contribution < 1.29 is 26.7 Å². The molecule has 4 heterocycles. The van der Waals surface area contributed by atoms with Gasteiger partial charge in [-0.05, 0) is 13.3 Å². The molecule has 14 heteroatoms. The van der Waals surface area contributed by atoms with Crippen LogP contribution in [-0.2, 0) is 16.6 Å². The molecular weight excluding hydrogens is 439 g/mol. The Kier molecular flexibility index (Phi) is 4.54. The molecule has 0 aromatic carbocycles. The van der Waals surface area contributed by atoms with E-state index in [-0.39, 0.29) is 40.1 Å². The average Bonchev–Trinajstić information content (AvgIpc) is 3.28. The maximum absolute atomic E-state index is 13.4. The van der Waals surface area contributed by atoms with Crippen molar-refractivity contribution >= 4 is 23.2 Å². The van der Waals surface area contributed by atoms with Gasteiger partial charge in [0.05, 0.1) is 17.5 Å². The van der Waals surface area contributed by atoms with E-state index in [1.165, 1.54) is 13.1 Å². The lowest BCUT2D eigenvalue weighted by Crippen LogP contribution is -2.36. The first-order chi connectivity index (χ1) is 14.9. The number of amides is 1. The van der Waals surface area contributed by atoms with Gasteiger partial charge in [0.2, 0.25) is 5.91 Å². The molecule has 3 N–H and O–H groups in total. The molecule has 1 amide bonds. The van der Waals surface area contributed by atoms with E-state index in [2.05, 4.69) is 36.3 Å². The van der Waals surface area contributed by atoms with Crippen molar-refractivity contribution in [3.8, 4) is 23.9 Å². The van der Waals surface area contributed by atoms with Crippen molar-refractivity contribution in [3.05, 3.63) is 23.8 Å². The van der Waals surface area contributed by atoms with Gasteiger partial charge in [-0.3, -0.25) is 4.79 Å². The lowest BCUT2D eigenvalue weighted by atomic mass is 9.86. The molecule has 1 unspecified atom stereocenters. The molecule has 166 valence electrons. The van der Waals surface area contributed by atoms with E-state index in [0.717, 1.165) is 10.8 Å². The van der Waals surface area contributed by atoms with Gasteiger partial charge in [0.1, 0.15) is 29.1 Å². The zero-order chi connectivity index (χ0) is 23.5. The van der Waals surface area contributed by atoms with Crippen LogP contribution in [0.25, 0.3) is 17.2 Å². The van der Waals surface area contributed by atoms with Crippen LogP contribution in [0.3, 0.4) is 0 Å². The van der Waals surface area contributed by atoms with Crippen LogP contribution in [0.4, 0.5) is 33.6 Å². The van der Waals surface area contributed by atoms with Crippen LogP contribution in [0.1, 0.15) is 24.6 Å². The van der Waals surface area contributed by atoms with Crippen LogP contribution in [0.15, 0.2) is 12.5 Å². The number of alkyl halides is 5. The summed E-state index contributed by atoms with van der Waals surface area (Å²) in [6.45, 7) is 1.46. The number of nitrogens with zero attached hydrogens (tertiary/aromatic N) is 6. The molecular formula is C18H13F5N8O. The van der Waals surface area contributed by atoms with Crippen LogP contribution < -0.4 is 11.1 Å². The Labute approximate surface area is 176 Å². The quantitative estimate of drug-likeness (QED) is 0.459. The molecule has 3 aromatic rings. The third-order valence-electron chi connectivity index (χ3n) is 5.06. The zero-order valence-corrected chi connectivity index (χ0v) is 16.2. The van der Waals surface area contributed by atoms with Gasteiger partial charge in [0, 0.05) is 6.42 Å². The fraction of sp³-hybridized carbons (Fsp3) is 0.333. The van der Waals surface area contributed by atoms with Crippen molar-refractivity contribution in [2.75, 3.05) is 11.1 Å². The Morgan fingerprint density at radius 2 is 1.97 bits per heavy atom. The van der Waals surface area contributed by atoms with Crippen LogP contribution in [0.2, 0.25) is 0 Å². The lowest BCUT2D eigenvalue weighted by Gasteiger charge is -2.19. The standard InChI is InChI=1S/C18H13F5N8O/c1-3-16(2)10-11(24)28-12(29-13(10)30-15(16)32)9-6-31-14(25-7-26-31)8(27-9)4-5-17(19,20)18(21,22)23/h1,6-7H,4-5H2,2H3,(H3,24,28,29,30,32). The minimum absolute atomic E-state index is 0.00549. The Balaban J connectivity index is 1.78. The molecule has 0 saturated heterocycles. The van der Waals surface area contributed by atoms with Gasteiger partial charge < -0.3 is 11.1 Å². The smallest absolute Gasteiger partial charge is 0.383 e. The Morgan fingerprint density at radius 1 is 1.25 bits per heavy atom. The molecule has 0 bridgehead atoms. The lowest BCUT2D eigenvalue weighted by molar-refractivity contribution is -0.284. The number of anilines is 2. The highest BCUT2D eigenvalue weighted by Crippen LogP contribution is 2.41. The van der Waals surface area contributed by atoms with Crippen molar-refractivity contribution in [1.82, 2.24) is 29.5 Å². The highest BCUT2D eigenvalue weighted by molar-refractivity contribution is 6.09. The van der Waals surface area contributed by atoms with Gasteiger partial charge in [-0.15, -0.1) is 6.42 Å². The molecule has 0 aliphatic carbocycles. The van der Waals surface area contributed by atoms with Gasteiger partial charge in [-0.1, -0.05) is 5.92 Å². The number of hydrogen-bond donors (Lipinski definition) is 2. The first-order valence-electron chi connectivity index (χ1n) is 8.99. The highest BCUT2D eigenvalue weighted by atomic mass is 19.4. The third-order valence-corrected chi connectivity index (χ3v) is 5.06. The Hall–Kier alpha value is -3.89. The van der Waals surface area contributed by atoms with E-state index >= 15 is 0 Å². The number of aryl methyl sites for hydroxylation is 1. The zero-order valence-electron chi connectivity index (χ0n) is 16.2. The molecule has 0 spiro atoms. The summed E-state index contributed by atoms with van der Waals surface area (Å²) in [5.74, 6) is -3.30. The molecule has 4 rings (SSSR count). The van der Waals surface area contributed by atoms with Crippen molar-refractivity contribution in [2.45, 2.75) is 37.3 Å². The molecule has 1 aliphatic rings. The molecule has 9 nitrogen and oxygen atoms in total.